The number of anilines is 1. The van der Waals surface area contributed by atoms with Gasteiger partial charge >= 0.3 is 6.18 Å². The number of alkyl halides is 3. The van der Waals surface area contributed by atoms with Gasteiger partial charge in [0.2, 0.25) is 11.8 Å². The Balaban J connectivity index is 1.82. The van der Waals surface area contributed by atoms with Crippen molar-refractivity contribution in [1.29, 1.82) is 0 Å². The van der Waals surface area contributed by atoms with E-state index in [2.05, 4.69) is 21.8 Å². The monoisotopic (exact) mass is 403 g/mol. The average Bonchev–Trinajstić information content (AvgIpc) is 2.66. The number of ether oxygens (including phenoxy) is 1. The van der Waals surface area contributed by atoms with E-state index in [1.807, 2.05) is 0 Å². The Labute approximate surface area is 164 Å². The van der Waals surface area contributed by atoms with Crippen LogP contribution < -0.4 is 15.5 Å². The Kier molecular flexibility index (Phi) is 7.37. The molecule has 0 radical (unpaired) electrons. The van der Waals surface area contributed by atoms with Gasteiger partial charge in [0.25, 0.3) is 0 Å². The van der Waals surface area contributed by atoms with Crippen molar-refractivity contribution in [3.05, 3.63) is 59.7 Å². The summed E-state index contributed by atoms with van der Waals surface area (Å²) in [7, 11) is 0. The summed E-state index contributed by atoms with van der Waals surface area (Å²) in [5, 5.41) is 5.95. The number of carbonyl (C=O) groups is 2. The second kappa shape index (κ2) is 9.94. The number of hydrogen-bond donors (Lipinski definition) is 2. The van der Waals surface area contributed by atoms with Gasteiger partial charge in [-0.05, 0) is 48.0 Å². The van der Waals surface area contributed by atoms with Crippen molar-refractivity contribution in [1.82, 2.24) is 5.43 Å². The number of amides is 2. The molecular weight excluding hydrogens is 387 g/mol. The molecule has 0 aliphatic carbocycles. The number of nitrogens with one attached hydrogen (secondary N) is 2. The summed E-state index contributed by atoms with van der Waals surface area (Å²) < 4.78 is 43.2. The van der Waals surface area contributed by atoms with Gasteiger partial charge in [-0.2, -0.15) is 18.3 Å². The van der Waals surface area contributed by atoms with Crippen LogP contribution in [0.4, 0.5) is 18.9 Å². The molecule has 150 valence electrons. The van der Waals surface area contributed by atoms with Gasteiger partial charge in [0.1, 0.15) is 18.8 Å². The SMILES string of the molecule is C#CCOc1ccc(C=NNC(=O)CC(=O)Nc2cccc(C(F)(F)F)c2)cc1. The summed E-state index contributed by atoms with van der Waals surface area (Å²) in [5.74, 6) is 1.42. The van der Waals surface area contributed by atoms with E-state index in [0.29, 0.717) is 11.3 Å². The van der Waals surface area contributed by atoms with Gasteiger partial charge in [-0.3, -0.25) is 9.59 Å². The van der Waals surface area contributed by atoms with Crippen molar-refractivity contribution >= 4 is 23.7 Å². The maximum absolute atomic E-state index is 12.7. The Morgan fingerprint density at radius 1 is 1.14 bits per heavy atom. The van der Waals surface area contributed by atoms with Gasteiger partial charge in [0, 0.05) is 5.69 Å². The molecule has 29 heavy (non-hydrogen) atoms. The van der Waals surface area contributed by atoms with E-state index in [-0.39, 0.29) is 12.3 Å². The highest BCUT2D eigenvalue weighted by molar-refractivity contribution is 6.03. The second-order valence-corrected chi connectivity index (χ2v) is 5.66. The smallest absolute Gasteiger partial charge is 0.416 e. The van der Waals surface area contributed by atoms with Crippen molar-refractivity contribution in [3.63, 3.8) is 0 Å². The topological polar surface area (TPSA) is 79.8 Å². The lowest BCUT2D eigenvalue weighted by molar-refractivity contribution is -0.137. The largest absolute Gasteiger partial charge is 0.481 e. The fourth-order valence-electron chi connectivity index (χ4n) is 2.12. The van der Waals surface area contributed by atoms with E-state index >= 15 is 0 Å². The first-order valence-electron chi connectivity index (χ1n) is 8.23. The lowest BCUT2D eigenvalue weighted by Crippen LogP contribution is -2.24. The summed E-state index contributed by atoms with van der Waals surface area (Å²) in [4.78, 5) is 23.5. The highest BCUT2D eigenvalue weighted by Gasteiger charge is 2.30. The first-order valence-corrected chi connectivity index (χ1v) is 8.23. The van der Waals surface area contributed by atoms with Crippen molar-refractivity contribution in [2.75, 3.05) is 11.9 Å². The minimum Gasteiger partial charge on any atom is -0.481 e. The van der Waals surface area contributed by atoms with Crippen LogP contribution in [0.5, 0.6) is 5.75 Å². The third-order valence-corrected chi connectivity index (χ3v) is 3.40. The fraction of sp³-hybridized carbons (Fsp3) is 0.150. The predicted octanol–water partition coefficient (Wildman–Crippen LogP) is 3.20. The normalized spacial score (nSPS) is 11.0. The summed E-state index contributed by atoms with van der Waals surface area (Å²) >= 11 is 0. The molecule has 9 heteroatoms. The minimum atomic E-state index is -4.53. The second-order valence-electron chi connectivity index (χ2n) is 5.66. The van der Waals surface area contributed by atoms with Crippen LogP contribution in [-0.4, -0.2) is 24.6 Å². The molecule has 0 unspecified atom stereocenters. The molecule has 0 saturated heterocycles. The molecule has 0 fully saturated rings. The number of carbonyl (C=O) groups excluding carboxylic acids is 2. The molecular formula is C20H16F3N3O3. The molecule has 0 aliphatic rings. The van der Waals surface area contributed by atoms with E-state index in [9.17, 15) is 22.8 Å². The summed E-state index contributed by atoms with van der Waals surface area (Å²) in [5.41, 5.74) is 1.86. The third kappa shape index (κ3) is 7.38. The van der Waals surface area contributed by atoms with Crippen LogP contribution in [0.15, 0.2) is 53.6 Å². The van der Waals surface area contributed by atoms with Crippen molar-refractivity contribution in [3.8, 4) is 18.1 Å². The molecule has 0 spiro atoms. The molecule has 0 aliphatic heterocycles. The van der Waals surface area contributed by atoms with Crippen LogP contribution in [0.3, 0.4) is 0 Å². The lowest BCUT2D eigenvalue weighted by Gasteiger charge is -2.09. The van der Waals surface area contributed by atoms with Crippen LogP contribution in [0, 0.1) is 12.3 Å². The van der Waals surface area contributed by atoms with E-state index in [1.54, 1.807) is 24.3 Å². The number of rotatable bonds is 7. The first kappa shape index (κ1) is 21.5. The van der Waals surface area contributed by atoms with Crippen LogP contribution in [0.1, 0.15) is 17.5 Å². The van der Waals surface area contributed by atoms with Crippen LogP contribution in [0.25, 0.3) is 0 Å². The van der Waals surface area contributed by atoms with E-state index in [0.717, 1.165) is 18.2 Å². The number of halogens is 3. The summed E-state index contributed by atoms with van der Waals surface area (Å²) in [6.45, 7) is 0.145. The molecule has 0 bridgehead atoms. The Hall–Kier alpha value is -3.80. The van der Waals surface area contributed by atoms with E-state index in [1.165, 1.54) is 12.3 Å². The van der Waals surface area contributed by atoms with Crippen LogP contribution >= 0.6 is 0 Å². The molecule has 0 atom stereocenters. The van der Waals surface area contributed by atoms with Gasteiger partial charge in [-0.15, -0.1) is 6.42 Å². The standard InChI is InChI=1S/C20H16F3N3O3/c1-2-10-29-17-8-6-14(7-9-17)13-24-26-19(28)12-18(27)25-16-5-3-4-15(11-16)20(21,22)23/h1,3-9,11,13H,10,12H2,(H,25,27)(H,26,28). The molecule has 2 rings (SSSR count). The summed E-state index contributed by atoms with van der Waals surface area (Å²) in [6.07, 6.45) is 1.31. The molecule has 0 aromatic heterocycles. The zero-order valence-corrected chi connectivity index (χ0v) is 15.0. The molecule has 0 saturated carbocycles. The third-order valence-electron chi connectivity index (χ3n) is 3.40. The Morgan fingerprint density at radius 2 is 1.86 bits per heavy atom. The quantitative estimate of drug-likeness (QED) is 0.323. The zero-order chi connectivity index (χ0) is 21.3. The Morgan fingerprint density at radius 3 is 2.52 bits per heavy atom. The van der Waals surface area contributed by atoms with Gasteiger partial charge in [-0.1, -0.05) is 12.0 Å². The number of hydrogen-bond acceptors (Lipinski definition) is 4. The van der Waals surface area contributed by atoms with E-state index < -0.39 is 30.0 Å². The van der Waals surface area contributed by atoms with Gasteiger partial charge in [0.05, 0.1) is 11.8 Å². The molecule has 0 heterocycles. The number of benzene rings is 2. The zero-order valence-electron chi connectivity index (χ0n) is 15.0. The number of terminal acetylenes is 1. The average molecular weight is 403 g/mol. The molecule has 2 N–H and O–H groups in total. The van der Waals surface area contributed by atoms with E-state index in [4.69, 9.17) is 11.2 Å². The fourth-order valence-corrected chi connectivity index (χ4v) is 2.12. The molecule has 2 aromatic carbocycles. The van der Waals surface area contributed by atoms with Crippen molar-refractivity contribution in [2.24, 2.45) is 5.10 Å². The maximum atomic E-state index is 12.7. The number of hydrazone groups is 1. The van der Waals surface area contributed by atoms with Crippen molar-refractivity contribution in [2.45, 2.75) is 12.6 Å². The van der Waals surface area contributed by atoms with Gasteiger partial charge < -0.3 is 10.1 Å². The highest BCUT2D eigenvalue weighted by atomic mass is 19.4. The molecule has 2 aromatic rings. The maximum Gasteiger partial charge on any atom is 0.416 e. The summed E-state index contributed by atoms with van der Waals surface area (Å²) in [6, 6.07) is 10.8. The lowest BCUT2D eigenvalue weighted by atomic mass is 10.2. The van der Waals surface area contributed by atoms with Crippen LogP contribution in [0.2, 0.25) is 0 Å². The molecule has 6 nitrogen and oxygen atoms in total. The Bertz CT molecular complexity index is 932. The van der Waals surface area contributed by atoms with Crippen LogP contribution in [-0.2, 0) is 15.8 Å². The molecule has 2 amide bonds. The van der Waals surface area contributed by atoms with Crippen molar-refractivity contribution < 1.29 is 27.5 Å². The first-order chi connectivity index (χ1) is 13.8. The minimum absolute atomic E-state index is 0.0618. The highest BCUT2D eigenvalue weighted by Crippen LogP contribution is 2.30. The van der Waals surface area contributed by atoms with Gasteiger partial charge in [-0.25, -0.2) is 5.43 Å². The number of nitrogens with zero attached hydrogens (tertiary/aromatic N) is 1. The van der Waals surface area contributed by atoms with Gasteiger partial charge in [0.15, 0.2) is 0 Å². The predicted molar refractivity (Wildman–Crippen MR) is 101 cm³/mol.